The second-order valence-electron chi connectivity index (χ2n) is 8.90. The molecular formula is C23H35NO4S. The molecule has 1 amide bonds. The van der Waals surface area contributed by atoms with Crippen LogP contribution >= 0.6 is 0 Å². The average molecular weight is 422 g/mol. The minimum atomic E-state index is -3.02. The van der Waals surface area contributed by atoms with Crippen LogP contribution in [0.2, 0.25) is 0 Å². The van der Waals surface area contributed by atoms with Crippen molar-refractivity contribution in [2.45, 2.75) is 76.6 Å². The van der Waals surface area contributed by atoms with Gasteiger partial charge in [0.1, 0.15) is 5.75 Å². The number of benzene rings is 1. The van der Waals surface area contributed by atoms with Crippen LogP contribution in [-0.2, 0) is 21.1 Å². The molecule has 6 heteroatoms. The molecule has 0 N–H and O–H groups in total. The number of piperidine rings is 1. The molecule has 1 heterocycles. The van der Waals surface area contributed by atoms with Crippen LogP contribution in [0.15, 0.2) is 24.3 Å². The van der Waals surface area contributed by atoms with Crippen molar-refractivity contribution in [1.82, 2.24) is 4.90 Å². The predicted molar refractivity (Wildman–Crippen MR) is 116 cm³/mol. The zero-order chi connectivity index (χ0) is 20.9. The first kappa shape index (κ1) is 22.1. The van der Waals surface area contributed by atoms with E-state index in [4.69, 9.17) is 4.74 Å². The van der Waals surface area contributed by atoms with Crippen LogP contribution in [0.4, 0.5) is 0 Å². The van der Waals surface area contributed by atoms with E-state index < -0.39 is 9.84 Å². The molecule has 0 atom stereocenters. The van der Waals surface area contributed by atoms with Crippen LogP contribution in [0.25, 0.3) is 0 Å². The molecule has 2 fully saturated rings. The SMILES string of the molecule is CC(C)S(=O)(=O)CC1CCN(C(=O)Cc2cccc(OC3CCCCC3)c2)CC1. The number of rotatable bonds is 7. The summed E-state index contributed by atoms with van der Waals surface area (Å²) in [5.41, 5.74) is 0.979. The first-order chi connectivity index (χ1) is 13.8. The summed E-state index contributed by atoms with van der Waals surface area (Å²) >= 11 is 0. The molecule has 0 spiro atoms. The Morgan fingerprint density at radius 2 is 1.79 bits per heavy atom. The molecule has 1 aromatic carbocycles. The van der Waals surface area contributed by atoms with Gasteiger partial charge in [-0.2, -0.15) is 0 Å². The molecule has 3 rings (SSSR count). The van der Waals surface area contributed by atoms with Gasteiger partial charge in [0.05, 0.1) is 23.5 Å². The van der Waals surface area contributed by atoms with Crippen molar-refractivity contribution in [1.29, 1.82) is 0 Å². The highest BCUT2D eigenvalue weighted by molar-refractivity contribution is 7.91. The molecule has 0 radical (unpaired) electrons. The van der Waals surface area contributed by atoms with E-state index in [2.05, 4.69) is 0 Å². The number of amides is 1. The van der Waals surface area contributed by atoms with Gasteiger partial charge in [0.2, 0.25) is 5.91 Å². The largest absolute Gasteiger partial charge is 0.490 e. The minimum absolute atomic E-state index is 0.116. The Bertz CT molecular complexity index is 776. The summed E-state index contributed by atoms with van der Waals surface area (Å²) in [5.74, 6) is 1.39. The lowest BCUT2D eigenvalue weighted by Gasteiger charge is -2.32. The Kier molecular flexibility index (Phi) is 7.60. The third-order valence-electron chi connectivity index (χ3n) is 6.26. The Morgan fingerprint density at radius 1 is 1.10 bits per heavy atom. The van der Waals surface area contributed by atoms with E-state index in [9.17, 15) is 13.2 Å². The lowest BCUT2D eigenvalue weighted by atomic mass is 9.97. The molecule has 1 saturated heterocycles. The molecule has 0 bridgehead atoms. The topological polar surface area (TPSA) is 63.7 Å². The van der Waals surface area contributed by atoms with E-state index in [0.717, 1.165) is 37.0 Å². The Labute approximate surface area is 175 Å². The van der Waals surface area contributed by atoms with Gasteiger partial charge < -0.3 is 9.64 Å². The third-order valence-corrected chi connectivity index (χ3v) is 8.63. The van der Waals surface area contributed by atoms with Gasteiger partial charge >= 0.3 is 0 Å². The van der Waals surface area contributed by atoms with E-state index in [1.54, 1.807) is 13.8 Å². The highest BCUT2D eigenvalue weighted by Crippen LogP contribution is 2.25. The Balaban J connectivity index is 1.49. The van der Waals surface area contributed by atoms with Gasteiger partial charge in [-0.25, -0.2) is 8.42 Å². The summed E-state index contributed by atoms with van der Waals surface area (Å²) in [6.07, 6.45) is 8.20. The van der Waals surface area contributed by atoms with E-state index in [1.807, 2.05) is 29.2 Å². The summed E-state index contributed by atoms with van der Waals surface area (Å²) in [6, 6.07) is 7.91. The summed E-state index contributed by atoms with van der Waals surface area (Å²) in [5, 5.41) is -0.328. The van der Waals surface area contributed by atoms with Crippen molar-refractivity contribution in [2.75, 3.05) is 18.8 Å². The standard InChI is InChI=1S/C23H35NO4S/c1-18(2)29(26,27)17-19-11-13-24(14-12-19)23(25)16-20-7-6-10-22(15-20)28-21-8-4-3-5-9-21/h6-7,10,15,18-19,21H,3-5,8-9,11-14,16-17H2,1-2H3. The highest BCUT2D eigenvalue weighted by Gasteiger charge is 2.28. The number of nitrogens with zero attached hydrogens (tertiary/aromatic N) is 1. The number of hydrogen-bond acceptors (Lipinski definition) is 4. The predicted octanol–water partition coefficient (Wildman–Crippen LogP) is 4.00. The van der Waals surface area contributed by atoms with Crippen molar-refractivity contribution in [3.05, 3.63) is 29.8 Å². The van der Waals surface area contributed by atoms with Crippen LogP contribution in [0, 0.1) is 5.92 Å². The van der Waals surface area contributed by atoms with Crippen LogP contribution in [0.3, 0.4) is 0 Å². The molecule has 1 aliphatic heterocycles. The number of sulfone groups is 1. The van der Waals surface area contributed by atoms with Gasteiger partial charge in [0.25, 0.3) is 0 Å². The maximum absolute atomic E-state index is 12.7. The molecular weight excluding hydrogens is 386 g/mol. The monoisotopic (exact) mass is 421 g/mol. The first-order valence-corrected chi connectivity index (χ1v) is 12.8. The van der Waals surface area contributed by atoms with Gasteiger partial charge in [0.15, 0.2) is 9.84 Å². The van der Waals surface area contributed by atoms with Crippen LogP contribution in [0.1, 0.15) is 64.4 Å². The Morgan fingerprint density at radius 3 is 2.45 bits per heavy atom. The molecule has 162 valence electrons. The Hall–Kier alpha value is -1.56. The van der Waals surface area contributed by atoms with Gasteiger partial charge in [-0.15, -0.1) is 0 Å². The summed E-state index contributed by atoms with van der Waals surface area (Å²) in [6.45, 7) is 4.77. The first-order valence-electron chi connectivity index (χ1n) is 11.1. The normalized spacial score (nSPS) is 19.5. The van der Waals surface area contributed by atoms with Crippen LogP contribution in [0.5, 0.6) is 5.75 Å². The van der Waals surface area contributed by atoms with Crippen LogP contribution < -0.4 is 4.74 Å². The molecule has 2 aliphatic rings. The highest BCUT2D eigenvalue weighted by atomic mass is 32.2. The van der Waals surface area contributed by atoms with Crippen LogP contribution in [-0.4, -0.2) is 49.4 Å². The number of carbonyl (C=O) groups is 1. The van der Waals surface area contributed by atoms with E-state index in [-0.39, 0.29) is 22.8 Å². The molecule has 1 saturated carbocycles. The van der Waals surface area contributed by atoms with Crippen molar-refractivity contribution in [3.8, 4) is 5.75 Å². The van der Waals surface area contributed by atoms with E-state index >= 15 is 0 Å². The molecule has 1 aliphatic carbocycles. The summed E-state index contributed by atoms with van der Waals surface area (Å²) in [4.78, 5) is 14.6. The second kappa shape index (κ2) is 9.96. The quantitative estimate of drug-likeness (QED) is 0.667. The van der Waals surface area contributed by atoms with E-state index in [1.165, 1.54) is 19.3 Å². The summed E-state index contributed by atoms with van der Waals surface area (Å²) < 4.78 is 30.4. The average Bonchev–Trinajstić information content (AvgIpc) is 2.69. The second-order valence-corrected chi connectivity index (χ2v) is 11.5. The lowest BCUT2D eigenvalue weighted by Crippen LogP contribution is -2.41. The zero-order valence-electron chi connectivity index (χ0n) is 17.8. The zero-order valence-corrected chi connectivity index (χ0v) is 18.6. The van der Waals surface area contributed by atoms with Gasteiger partial charge in [-0.1, -0.05) is 18.6 Å². The molecule has 5 nitrogen and oxygen atoms in total. The molecule has 0 unspecified atom stereocenters. The van der Waals surface area contributed by atoms with Crippen molar-refractivity contribution in [2.24, 2.45) is 5.92 Å². The number of hydrogen-bond donors (Lipinski definition) is 0. The van der Waals surface area contributed by atoms with Crippen molar-refractivity contribution in [3.63, 3.8) is 0 Å². The number of likely N-dealkylation sites (tertiary alicyclic amines) is 1. The smallest absolute Gasteiger partial charge is 0.226 e. The lowest BCUT2D eigenvalue weighted by molar-refractivity contribution is -0.131. The van der Waals surface area contributed by atoms with Crippen molar-refractivity contribution < 1.29 is 17.9 Å². The molecule has 0 aromatic heterocycles. The number of carbonyl (C=O) groups excluding carboxylic acids is 1. The van der Waals surface area contributed by atoms with Gasteiger partial charge in [0, 0.05) is 13.1 Å². The molecule has 1 aromatic rings. The van der Waals surface area contributed by atoms with E-state index in [0.29, 0.717) is 25.6 Å². The fourth-order valence-corrected chi connectivity index (χ4v) is 5.64. The summed E-state index contributed by atoms with van der Waals surface area (Å²) in [7, 11) is -3.02. The minimum Gasteiger partial charge on any atom is -0.490 e. The maximum Gasteiger partial charge on any atom is 0.226 e. The van der Waals surface area contributed by atoms with Gasteiger partial charge in [-0.3, -0.25) is 4.79 Å². The fourth-order valence-electron chi connectivity index (χ4n) is 4.26. The third kappa shape index (κ3) is 6.46. The maximum atomic E-state index is 12.7. The molecule has 29 heavy (non-hydrogen) atoms. The number of ether oxygens (including phenoxy) is 1. The van der Waals surface area contributed by atoms with Gasteiger partial charge in [-0.05, 0) is 76.0 Å². The van der Waals surface area contributed by atoms with Crippen molar-refractivity contribution >= 4 is 15.7 Å². The fraction of sp³-hybridized carbons (Fsp3) is 0.696.